The third-order valence-corrected chi connectivity index (χ3v) is 4.23. The Morgan fingerprint density at radius 3 is 2.70 bits per heavy atom. The molecule has 5 nitrogen and oxygen atoms in total. The Morgan fingerprint density at radius 2 is 2.04 bits per heavy atom. The number of anilines is 1. The molecule has 0 aliphatic carbocycles. The van der Waals surface area contributed by atoms with Gasteiger partial charge in [-0.05, 0) is 30.2 Å². The third kappa shape index (κ3) is 3.60. The Balaban J connectivity index is 1.74. The normalized spacial score (nSPS) is 11.0. The molecular formula is C16H14ClN3O2S. The maximum Gasteiger partial charge on any atom is 0.279 e. The van der Waals surface area contributed by atoms with Crippen LogP contribution in [-0.2, 0) is 0 Å². The summed E-state index contributed by atoms with van der Waals surface area (Å²) in [6.45, 7) is 4.10. The number of aromatic nitrogens is 2. The maximum atomic E-state index is 12.2. The molecule has 0 fully saturated rings. The number of nitrogens with one attached hydrogen (secondary N) is 1. The van der Waals surface area contributed by atoms with Gasteiger partial charge in [0, 0.05) is 22.0 Å². The number of amides is 1. The molecule has 1 aromatic carbocycles. The van der Waals surface area contributed by atoms with Crippen LogP contribution >= 0.6 is 22.9 Å². The van der Waals surface area contributed by atoms with Gasteiger partial charge < -0.3 is 4.52 Å². The van der Waals surface area contributed by atoms with E-state index in [-0.39, 0.29) is 11.6 Å². The molecule has 23 heavy (non-hydrogen) atoms. The minimum Gasteiger partial charge on any atom is -0.355 e. The number of benzene rings is 1. The monoisotopic (exact) mass is 347 g/mol. The van der Waals surface area contributed by atoms with Crippen LogP contribution in [0.4, 0.5) is 5.13 Å². The Hall–Kier alpha value is -2.18. The lowest BCUT2D eigenvalue weighted by Gasteiger charge is -1.98. The van der Waals surface area contributed by atoms with E-state index < -0.39 is 0 Å². The minimum atomic E-state index is -0.349. The second-order valence-electron chi connectivity index (χ2n) is 5.27. The predicted octanol–water partition coefficient (Wildman–Crippen LogP) is 4.83. The van der Waals surface area contributed by atoms with E-state index in [9.17, 15) is 4.79 Å². The standard InChI is InChI=1S/C16H14ClN3O2S/c1-9(2)13-8-23-16(18-13)19-15(21)12-7-14(22-20-12)10-3-5-11(17)6-4-10/h3-9H,1-2H3,(H,18,19,21). The van der Waals surface area contributed by atoms with Gasteiger partial charge in [-0.15, -0.1) is 11.3 Å². The first-order chi connectivity index (χ1) is 11.0. The largest absolute Gasteiger partial charge is 0.355 e. The first-order valence-electron chi connectivity index (χ1n) is 7.02. The van der Waals surface area contributed by atoms with Gasteiger partial charge in [-0.25, -0.2) is 4.98 Å². The number of carbonyl (C=O) groups excluding carboxylic acids is 1. The number of nitrogens with zero attached hydrogens (tertiary/aromatic N) is 2. The topological polar surface area (TPSA) is 68.0 Å². The molecule has 0 spiro atoms. The lowest BCUT2D eigenvalue weighted by atomic mass is 10.1. The zero-order valence-electron chi connectivity index (χ0n) is 12.5. The van der Waals surface area contributed by atoms with Gasteiger partial charge in [0.1, 0.15) is 0 Å². The first-order valence-corrected chi connectivity index (χ1v) is 8.28. The maximum absolute atomic E-state index is 12.2. The van der Waals surface area contributed by atoms with Crippen LogP contribution in [0.2, 0.25) is 5.02 Å². The summed E-state index contributed by atoms with van der Waals surface area (Å²) >= 11 is 7.24. The summed E-state index contributed by atoms with van der Waals surface area (Å²) in [6.07, 6.45) is 0. The molecule has 118 valence electrons. The van der Waals surface area contributed by atoms with Crippen LogP contribution in [0.25, 0.3) is 11.3 Å². The van der Waals surface area contributed by atoms with Crippen LogP contribution in [0.1, 0.15) is 35.9 Å². The summed E-state index contributed by atoms with van der Waals surface area (Å²) in [7, 11) is 0. The molecular weight excluding hydrogens is 334 g/mol. The highest BCUT2D eigenvalue weighted by Crippen LogP contribution is 2.24. The van der Waals surface area contributed by atoms with Crippen molar-refractivity contribution in [3.63, 3.8) is 0 Å². The predicted molar refractivity (Wildman–Crippen MR) is 91.1 cm³/mol. The van der Waals surface area contributed by atoms with Crippen LogP contribution in [0.5, 0.6) is 0 Å². The molecule has 1 amide bonds. The quantitative estimate of drug-likeness (QED) is 0.734. The number of thiazole rings is 1. The van der Waals surface area contributed by atoms with Gasteiger partial charge in [0.2, 0.25) is 0 Å². The fourth-order valence-electron chi connectivity index (χ4n) is 1.90. The van der Waals surface area contributed by atoms with E-state index in [2.05, 4.69) is 29.3 Å². The molecule has 3 aromatic rings. The summed E-state index contributed by atoms with van der Waals surface area (Å²) in [5.74, 6) is 0.480. The van der Waals surface area contributed by atoms with E-state index in [1.807, 2.05) is 5.38 Å². The summed E-state index contributed by atoms with van der Waals surface area (Å²) in [5, 5.41) is 9.66. The van der Waals surface area contributed by atoms with Gasteiger partial charge in [0.25, 0.3) is 5.91 Å². The molecule has 0 aliphatic heterocycles. The lowest BCUT2D eigenvalue weighted by Crippen LogP contribution is -2.12. The highest BCUT2D eigenvalue weighted by atomic mass is 35.5. The molecule has 0 aliphatic rings. The highest BCUT2D eigenvalue weighted by molar-refractivity contribution is 7.14. The fourth-order valence-corrected chi connectivity index (χ4v) is 2.90. The van der Waals surface area contributed by atoms with E-state index >= 15 is 0 Å². The van der Waals surface area contributed by atoms with Crippen molar-refractivity contribution in [1.82, 2.24) is 10.1 Å². The van der Waals surface area contributed by atoms with Crippen molar-refractivity contribution in [1.29, 1.82) is 0 Å². The van der Waals surface area contributed by atoms with E-state index in [0.717, 1.165) is 11.3 Å². The third-order valence-electron chi connectivity index (χ3n) is 3.21. The van der Waals surface area contributed by atoms with Crippen molar-refractivity contribution in [2.45, 2.75) is 19.8 Å². The van der Waals surface area contributed by atoms with E-state index in [4.69, 9.17) is 16.1 Å². The second-order valence-corrected chi connectivity index (χ2v) is 6.56. The van der Waals surface area contributed by atoms with Crippen LogP contribution in [0.3, 0.4) is 0 Å². The van der Waals surface area contributed by atoms with Crippen LogP contribution in [-0.4, -0.2) is 16.0 Å². The number of hydrogen-bond donors (Lipinski definition) is 1. The van der Waals surface area contributed by atoms with Gasteiger partial charge in [0.05, 0.1) is 5.69 Å². The Labute approximate surface area is 142 Å². The number of carbonyl (C=O) groups is 1. The van der Waals surface area contributed by atoms with Crippen LogP contribution in [0.15, 0.2) is 40.2 Å². The number of rotatable bonds is 4. The molecule has 0 radical (unpaired) electrons. The summed E-state index contributed by atoms with van der Waals surface area (Å²) in [5.41, 5.74) is 1.96. The molecule has 0 atom stereocenters. The fraction of sp³-hybridized carbons (Fsp3) is 0.188. The summed E-state index contributed by atoms with van der Waals surface area (Å²) in [4.78, 5) is 16.6. The molecule has 0 saturated heterocycles. The van der Waals surface area contributed by atoms with Gasteiger partial charge >= 0.3 is 0 Å². The zero-order valence-corrected chi connectivity index (χ0v) is 14.1. The molecule has 0 unspecified atom stereocenters. The average Bonchev–Trinajstić information content (AvgIpc) is 3.17. The number of halogens is 1. The minimum absolute atomic E-state index is 0.205. The van der Waals surface area contributed by atoms with Crippen molar-refractivity contribution < 1.29 is 9.32 Å². The van der Waals surface area contributed by atoms with E-state index in [1.54, 1.807) is 30.3 Å². The zero-order chi connectivity index (χ0) is 16.4. The van der Waals surface area contributed by atoms with Crippen molar-refractivity contribution in [2.24, 2.45) is 0 Å². The highest BCUT2D eigenvalue weighted by Gasteiger charge is 2.16. The van der Waals surface area contributed by atoms with E-state index in [1.165, 1.54) is 11.3 Å². The van der Waals surface area contributed by atoms with Crippen LogP contribution < -0.4 is 5.32 Å². The molecule has 2 heterocycles. The van der Waals surface area contributed by atoms with Crippen molar-refractivity contribution in [3.8, 4) is 11.3 Å². The summed E-state index contributed by atoms with van der Waals surface area (Å²) in [6, 6.07) is 8.71. The van der Waals surface area contributed by atoms with Crippen LogP contribution in [0, 0.1) is 0 Å². The summed E-state index contributed by atoms with van der Waals surface area (Å²) < 4.78 is 5.22. The Morgan fingerprint density at radius 1 is 1.30 bits per heavy atom. The Bertz CT molecular complexity index is 824. The molecule has 2 aromatic heterocycles. The molecule has 3 rings (SSSR count). The SMILES string of the molecule is CC(C)c1csc(NC(=O)c2cc(-c3ccc(Cl)cc3)on2)n1. The molecule has 1 N–H and O–H groups in total. The average molecular weight is 348 g/mol. The number of hydrogen-bond acceptors (Lipinski definition) is 5. The second kappa shape index (κ2) is 6.52. The molecule has 0 saturated carbocycles. The Kier molecular flexibility index (Phi) is 4.45. The smallest absolute Gasteiger partial charge is 0.279 e. The molecule has 7 heteroatoms. The van der Waals surface area contributed by atoms with Gasteiger partial charge in [-0.1, -0.05) is 30.6 Å². The van der Waals surface area contributed by atoms with Gasteiger partial charge in [-0.3, -0.25) is 10.1 Å². The van der Waals surface area contributed by atoms with E-state index in [0.29, 0.717) is 21.8 Å². The van der Waals surface area contributed by atoms with Gasteiger partial charge in [-0.2, -0.15) is 0 Å². The van der Waals surface area contributed by atoms with Crippen molar-refractivity contribution in [2.75, 3.05) is 5.32 Å². The van der Waals surface area contributed by atoms with Crippen molar-refractivity contribution in [3.05, 3.63) is 52.1 Å². The molecule has 0 bridgehead atoms. The van der Waals surface area contributed by atoms with Crippen molar-refractivity contribution >= 4 is 34.0 Å². The lowest BCUT2D eigenvalue weighted by molar-refractivity contribution is 0.101. The first kappa shape index (κ1) is 15.7. The van der Waals surface area contributed by atoms with Gasteiger partial charge in [0.15, 0.2) is 16.6 Å².